The second-order valence-corrected chi connectivity index (χ2v) is 6.26. The first-order valence-corrected chi connectivity index (χ1v) is 8.60. The summed E-state index contributed by atoms with van der Waals surface area (Å²) < 4.78 is 5.23. The van der Waals surface area contributed by atoms with Crippen molar-refractivity contribution >= 4 is 35.2 Å². The van der Waals surface area contributed by atoms with Gasteiger partial charge in [0.25, 0.3) is 5.91 Å². The maximum absolute atomic E-state index is 12.7. The molecule has 0 spiro atoms. The van der Waals surface area contributed by atoms with Gasteiger partial charge in [0, 0.05) is 6.08 Å². The van der Waals surface area contributed by atoms with Crippen LogP contribution in [0.15, 0.2) is 54.6 Å². The van der Waals surface area contributed by atoms with Crippen molar-refractivity contribution in [3.05, 3.63) is 65.7 Å². The fourth-order valence-corrected chi connectivity index (χ4v) is 2.84. The summed E-state index contributed by atoms with van der Waals surface area (Å²) in [5.74, 6) is -1.36. The standard InChI is InChI=1S/C21H20N2O4/c1-14-7-3-4-8-16(14)11-12-20(25)27-15(2)21(26)23-13-19(24)22-17-9-5-6-10-18(17)23/h3-12,15H,13H2,1-2H3,(H,22,24)/b12-11+/t15-/m0/s1. The van der Waals surface area contributed by atoms with Crippen LogP contribution in [0.25, 0.3) is 6.08 Å². The number of nitrogens with one attached hydrogen (secondary N) is 1. The Bertz CT molecular complexity index is 920. The van der Waals surface area contributed by atoms with E-state index in [9.17, 15) is 14.4 Å². The number of carbonyl (C=O) groups is 3. The first-order chi connectivity index (χ1) is 13.0. The SMILES string of the molecule is Cc1ccccc1/C=C/C(=O)O[C@@H](C)C(=O)N1CC(=O)Nc2ccccc21. The number of nitrogens with zero attached hydrogens (tertiary/aromatic N) is 1. The maximum Gasteiger partial charge on any atom is 0.331 e. The van der Waals surface area contributed by atoms with E-state index >= 15 is 0 Å². The average Bonchev–Trinajstić information content (AvgIpc) is 2.66. The highest BCUT2D eigenvalue weighted by molar-refractivity contribution is 6.11. The molecule has 1 N–H and O–H groups in total. The molecule has 2 aromatic rings. The number of benzene rings is 2. The molecule has 2 amide bonds. The zero-order valence-electron chi connectivity index (χ0n) is 15.1. The summed E-state index contributed by atoms with van der Waals surface area (Å²) in [6.45, 7) is 3.32. The molecule has 6 heteroatoms. The van der Waals surface area contributed by atoms with Crippen LogP contribution in [-0.4, -0.2) is 30.4 Å². The van der Waals surface area contributed by atoms with Gasteiger partial charge < -0.3 is 10.1 Å². The second kappa shape index (κ2) is 7.86. The summed E-state index contributed by atoms with van der Waals surface area (Å²) in [4.78, 5) is 38.0. The van der Waals surface area contributed by atoms with E-state index in [4.69, 9.17) is 4.74 Å². The van der Waals surface area contributed by atoms with Crippen LogP contribution in [0.2, 0.25) is 0 Å². The van der Waals surface area contributed by atoms with E-state index < -0.39 is 18.0 Å². The Morgan fingerprint density at radius 1 is 1.15 bits per heavy atom. The van der Waals surface area contributed by atoms with Gasteiger partial charge in [-0.25, -0.2) is 4.79 Å². The monoisotopic (exact) mass is 364 g/mol. The van der Waals surface area contributed by atoms with Gasteiger partial charge in [-0.2, -0.15) is 0 Å². The molecule has 0 fully saturated rings. The molecule has 27 heavy (non-hydrogen) atoms. The van der Waals surface area contributed by atoms with E-state index in [-0.39, 0.29) is 12.5 Å². The topological polar surface area (TPSA) is 75.7 Å². The predicted octanol–water partition coefficient (Wildman–Crippen LogP) is 2.93. The largest absolute Gasteiger partial charge is 0.449 e. The third-order valence-electron chi connectivity index (χ3n) is 4.26. The van der Waals surface area contributed by atoms with Crippen LogP contribution < -0.4 is 10.2 Å². The van der Waals surface area contributed by atoms with Gasteiger partial charge in [-0.15, -0.1) is 0 Å². The molecule has 0 bridgehead atoms. The lowest BCUT2D eigenvalue weighted by Crippen LogP contribution is -2.46. The van der Waals surface area contributed by atoms with Gasteiger partial charge in [-0.1, -0.05) is 36.4 Å². The lowest BCUT2D eigenvalue weighted by atomic mass is 10.1. The average molecular weight is 364 g/mol. The molecule has 6 nitrogen and oxygen atoms in total. The molecular formula is C21H20N2O4. The summed E-state index contributed by atoms with van der Waals surface area (Å²) >= 11 is 0. The maximum atomic E-state index is 12.7. The summed E-state index contributed by atoms with van der Waals surface area (Å²) in [7, 11) is 0. The van der Waals surface area contributed by atoms with Crippen molar-refractivity contribution in [2.45, 2.75) is 20.0 Å². The molecule has 2 aromatic carbocycles. The third-order valence-corrected chi connectivity index (χ3v) is 4.26. The Morgan fingerprint density at radius 3 is 2.63 bits per heavy atom. The van der Waals surface area contributed by atoms with Crippen LogP contribution in [0, 0.1) is 6.92 Å². The van der Waals surface area contributed by atoms with E-state index in [2.05, 4.69) is 5.32 Å². The fourth-order valence-electron chi connectivity index (χ4n) is 2.84. The summed E-state index contributed by atoms with van der Waals surface area (Å²) in [6.07, 6.45) is 1.93. The van der Waals surface area contributed by atoms with Gasteiger partial charge in [0.05, 0.1) is 11.4 Å². The molecule has 0 saturated carbocycles. The van der Waals surface area contributed by atoms with Crippen LogP contribution in [0.3, 0.4) is 0 Å². The molecule has 0 saturated heterocycles. The van der Waals surface area contributed by atoms with Crippen molar-refractivity contribution in [2.24, 2.45) is 0 Å². The van der Waals surface area contributed by atoms with E-state index in [1.54, 1.807) is 30.3 Å². The van der Waals surface area contributed by atoms with Crippen LogP contribution in [0.1, 0.15) is 18.1 Å². The molecular weight excluding hydrogens is 344 g/mol. The van der Waals surface area contributed by atoms with Crippen molar-refractivity contribution in [3.63, 3.8) is 0 Å². The van der Waals surface area contributed by atoms with Crippen molar-refractivity contribution in [3.8, 4) is 0 Å². The molecule has 1 atom stereocenters. The van der Waals surface area contributed by atoms with E-state index in [1.165, 1.54) is 17.9 Å². The summed E-state index contributed by atoms with van der Waals surface area (Å²) in [5.41, 5.74) is 3.07. The molecule has 0 radical (unpaired) electrons. The van der Waals surface area contributed by atoms with Crippen LogP contribution in [0.4, 0.5) is 11.4 Å². The quantitative estimate of drug-likeness (QED) is 0.669. The molecule has 0 unspecified atom stereocenters. The minimum Gasteiger partial charge on any atom is -0.449 e. The van der Waals surface area contributed by atoms with Gasteiger partial charge in [0.2, 0.25) is 5.91 Å². The highest BCUT2D eigenvalue weighted by Crippen LogP contribution is 2.29. The predicted molar refractivity (Wildman–Crippen MR) is 103 cm³/mol. The Kier molecular flexibility index (Phi) is 5.35. The summed E-state index contributed by atoms with van der Waals surface area (Å²) in [6, 6.07) is 14.6. The van der Waals surface area contributed by atoms with Crippen LogP contribution in [0.5, 0.6) is 0 Å². The highest BCUT2D eigenvalue weighted by Gasteiger charge is 2.31. The molecule has 138 valence electrons. The Morgan fingerprint density at radius 2 is 1.85 bits per heavy atom. The minimum atomic E-state index is -1.02. The zero-order valence-corrected chi connectivity index (χ0v) is 15.1. The Hall–Kier alpha value is -3.41. The number of esters is 1. The van der Waals surface area contributed by atoms with Gasteiger partial charge >= 0.3 is 5.97 Å². The molecule has 1 heterocycles. The summed E-state index contributed by atoms with van der Waals surface area (Å²) in [5, 5.41) is 2.72. The van der Waals surface area contributed by atoms with Crippen molar-refractivity contribution in [1.82, 2.24) is 0 Å². The van der Waals surface area contributed by atoms with Crippen molar-refractivity contribution in [2.75, 3.05) is 16.8 Å². The lowest BCUT2D eigenvalue weighted by molar-refractivity contribution is -0.149. The number of ether oxygens (including phenoxy) is 1. The molecule has 0 aliphatic carbocycles. The van der Waals surface area contributed by atoms with Gasteiger partial charge in [0.1, 0.15) is 6.54 Å². The molecule has 3 rings (SSSR count). The first-order valence-electron chi connectivity index (χ1n) is 8.60. The normalized spacial score (nSPS) is 14.4. The number of fused-ring (bicyclic) bond motifs is 1. The van der Waals surface area contributed by atoms with Crippen LogP contribution >= 0.6 is 0 Å². The Labute approximate surface area is 157 Å². The number of aryl methyl sites for hydroxylation is 1. The van der Waals surface area contributed by atoms with Gasteiger partial charge in [0.15, 0.2) is 6.10 Å². The first kappa shape index (κ1) is 18.4. The van der Waals surface area contributed by atoms with E-state index in [0.717, 1.165) is 11.1 Å². The molecule has 1 aliphatic rings. The highest BCUT2D eigenvalue weighted by atomic mass is 16.5. The van der Waals surface area contributed by atoms with E-state index in [1.807, 2.05) is 31.2 Å². The molecule has 0 aromatic heterocycles. The van der Waals surface area contributed by atoms with E-state index in [0.29, 0.717) is 11.4 Å². The van der Waals surface area contributed by atoms with Gasteiger partial charge in [-0.05, 0) is 43.2 Å². The zero-order chi connectivity index (χ0) is 19.4. The Balaban J connectivity index is 1.68. The smallest absolute Gasteiger partial charge is 0.331 e. The number of hydrogen-bond acceptors (Lipinski definition) is 4. The second-order valence-electron chi connectivity index (χ2n) is 6.26. The van der Waals surface area contributed by atoms with Crippen molar-refractivity contribution < 1.29 is 19.1 Å². The fraction of sp³-hybridized carbons (Fsp3) is 0.190. The third kappa shape index (κ3) is 4.23. The van der Waals surface area contributed by atoms with Gasteiger partial charge in [-0.3, -0.25) is 14.5 Å². The number of para-hydroxylation sites is 2. The lowest BCUT2D eigenvalue weighted by Gasteiger charge is -2.30. The van der Waals surface area contributed by atoms with Crippen LogP contribution in [-0.2, 0) is 19.1 Å². The number of hydrogen-bond donors (Lipinski definition) is 1. The number of rotatable bonds is 4. The van der Waals surface area contributed by atoms with Crippen molar-refractivity contribution in [1.29, 1.82) is 0 Å². The molecule has 1 aliphatic heterocycles. The number of anilines is 2. The number of amides is 2. The minimum absolute atomic E-state index is 0.114. The number of carbonyl (C=O) groups excluding carboxylic acids is 3.